The number of benzene rings is 1. The molecule has 0 fully saturated rings. The molecule has 2 N–H and O–H groups in total. The van der Waals surface area contributed by atoms with Crippen molar-refractivity contribution in [2.75, 3.05) is 13.1 Å². The molecule has 1 atom stereocenters. The molecule has 1 aromatic carbocycles. The van der Waals surface area contributed by atoms with Crippen LogP contribution in [0.25, 0.3) is 0 Å². The molecule has 0 saturated heterocycles. The first-order valence-electron chi connectivity index (χ1n) is 6.20. The second-order valence-corrected chi connectivity index (χ2v) is 6.02. The van der Waals surface area contributed by atoms with Gasteiger partial charge < -0.3 is 10.4 Å². The third kappa shape index (κ3) is 4.77. The lowest BCUT2D eigenvalue weighted by Crippen LogP contribution is -2.42. The van der Waals surface area contributed by atoms with E-state index in [1.54, 1.807) is 6.07 Å². The average Bonchev–Trinajstić information content (AvgIpc) is 2.26. The van der Waals surface area contributed by atoms with Crippen LogP contribution in [0.15, 0.2) is 18.2 Å². The number of rotatable bonds is 6. The molecule has 0 aliphatic rings. The van der Waals surface area contributed by atoms with Gasteiger partial charge in [-0.05, 0) is 43.5 Å². The van der Waals surface area contributed by atoms with Gasteiger partial charge in [-0.3, -0.25) is 0 Å². The molecular formula is C14H21Cl2NO. The normalized spacial score (nSPS) is 14.8. The summed E-state index contributed by atoms with van der Waals surface area (Å²) in [6, 6.07) is 5.53. The van der Waals surface area contributed by atoms with E-state index >= 15 is 0 Å². The van der Waals surface area contributed by atoms with Gasteiger partial charge in [0.1, 0.15) is 0 Å². The topological polar surface area (TPSA) is 32.3 Å². The Morgan fingerprint density at radius 3 is 2.56 bits per heavy atom. The Kier molecular flexibility index (Phi) is 5.93. The van der Waals surface area contributed by atoms with Crippen molar-refractivity contribution in [3.63, 3.8) is 0 Å². The molecule has 0 aliphatic carbocycles. The highest BCUT2D eigenvalue weighted by atomic mass is 35.5. The molecule has 1 aromatic rings. The molecule has 0 spiro atoms. The van der Waals surface area contributed by atoms with Crippen LogP contribution in [-0.2, 0) is 6.42 Å². The van der Waals surface area contributed by atoms with Crippen LogP contribution in [0.1, 0.15) is 26.3 Å². The van der Waals surface area contributed by atoms with Crippen molar-refractivity contribution in [1.82, 2.24) is 5.32 Å². The first-order valence-corrected chi connectivity index (χ1v) is 6.95. The van der Waals surface area contributed by atoms with E-state index in [-0.39, 0.29) is 5.92 Å². The largest absolute Gasteiger partial charge is 0.389 e. The van der Waals surface area contributed by atoms with Crippen molar-refractivity contribution in [2.24, 2.45) is 5.92 Å². The van der Waals surface area contributed by atoms with Crippen LogP contribution >= 0.6 is 23.2 Å². The van der Waals surface area contributed by atoms with Gasteiger partial charge in [0.15, 0.2) is 0 Å². The van der Waals surface area contributed by atoms with Gasteiger partial charge in [-0.15, -0.1) is 0 Å². The zero-order chi connectivity index (χ0) is 13.8. The van der Waals surface area contributed by atoms with Crippen LogP contribution in [0, 0.1) is 5.92 Å². The highest BCUT2D eigenvalue weighted by molar-refractivity contribution is 6.35. The van der Waals surface area contributed by atoms with Gasteiger partial charge >= 0.3 is 0 Å². The number of nitrogens with one attached hydrogen (secondary N) is 1. The first-order chi connectivity index (χ1) is 8.33. The van der Waals surface area contributed by atoms with Gasteiger partial charge in [0, 0.05) is 16.6 Å². The standard InChI is InChI=1S/C14H21Cl2NO/c1-10(2)14(3,18)9-17-7-6-11-4-5-12(15)8-13(11)16/h4-5,8,10,17-18H,6-7,9H2,1-3H3. The summed E-state index contributed by atoms with van der Waals surface area (Å²) in [5.41, 5.74) is 0.391. The maximum atomic E-state index is 10.1. The third-order valence-electron chi connectivity index (χ3n) is 3.31. The molecule has 102 valence electrons. The van der Waals surface area contributed by atoms with Crippen LogP contribution in [0.4, 0.5) is 0 Å². The molecular weight excluding hydrogens is 269 g/mol. The summed E-state index contributed by atoms with van der Waals surface area (Å²) >= 11 is 11.9. The SMILES string of the molecule is CC(C)C(C)(O)CNCCc1ccc(Cl)cc1Cl. The van der Waals surface area contributed by atoms with Crippen LogP contribution in [0.5, 0.6) is 0 Å². The number of hydrogen-bond acceptors (Lipinski definition) is 2. The zero-order valence-corrected chi connectivity index (χ0v) is 12.6. The molecule has 1 rings (SSSR count). The molecule has 0 aliphatic heterocycles. The van der Waals surface area contributed by atoms with Crippen molar-refractivity contribution in [3.05, 3.63) is 33.8 Å². The summed E-state index contributed by atoms with van der Waals surface area (Å²) in [6.07, 6.45) is 0.824. The second-order valence-electron chi connectivity index (χ2n) is 5.17. The van der Waals surface area contributed by atoms with E-state index in [1.807, 2.05) is 32.9 Å². The first kappa shape index (κ1) is 15.8. The van der Waals surface area contributed by atoms with Crippen molar-refractivity contribution >= 4 is 23.2 Å². The fraction of sp³-hybridized carbons (Fsp3) is 0.571. The van der Waals surface area contributed by atoms with E-state index in [1.165, 1.54) is 0 Å². The Morgan fingerprint density at radius 2 is 2.00 bits per heavy atom. The Labute approximate surface area is 119 Å². The highest BCUT2D eigenvalue weighted by Crippen LogP contribution is 2.21. The van der Waals surface area contributed by atoms with Gasteiger partial charge in [0.25, 0.3) is 0 Å². The van der Waals surface area contributed by atoms with Gasteiger partial charge in [0.05, 0.1) is 5.60 Å². The van der Waals surface area contributed by atoms with Crippen molar-refractivity contribution in [2.45, 2.75) is 32.8 Å². The lowest BCUT2D eigenvalue weighted by molar-refractivity contribution is 0.0145. The fourth-order valence-electron chi connectivity index (χ4n) is 1.49. The number of aliphatic hydroxyl groups is 1. The summed E-state index contributed by atoms with van der Waals surface area (Å²) in [7, 11) is 0. The van der Waals surface area contributed by atoms with E-state index < -0.39 is 5.60 Å². The van der Waals surface area contributed by atoms with E-state index in [2.05, 4.69) is 5.32 Å². The second kappa shape index (κ2) is 6.76. The van der Waals surface area contributed by atoms with E-state index in [4.69, 9.17) is 23.2 Å². The molecule has 0 heterocycles. The van der Waals surface area contributed by atoms with Crippen LogP contribution in [-0.4, -0.2) is 23.8 Å². The smallest absolute Gasteiger partial charge is 0.0766 e. The van der Waals surface area contributed by atoms with E-state index in [0.29, 0.717) is 16.6 Å². The van der Waals surface area contributed by atoms with Gasteiger partial charge in [0.2, 0.25) is 0 Å². The molecule has 18 heavy (non-hydrogen) atoms. The fourth-order valence-corrected chi connectivity index (χ4v) is 2.00. The van der Waals surface area contributed by atoms with Crippen LogP contribution in [0.2, 0.25) is 10.0 Å². The highest BCUT2D eigenvalue weighted by Gasteiger charge is 2.23. The predicted octanol–water partition coefficient (Wildman–Crippen LogP) is 3.53. The molecule has 4 heteroatoms. The Bertz CT molecular complexity index is 391. The van der Waals surface area contributed by atoms with Crippen LogP contribution in [0.3, 0.4) is 0 Å². The van der Waals surface area contributed by atoms with Crippen molar-refractivity contribution in [3.8, 4) is 0 Å². The molecule has 0 amide bonds. The maximum Gasteiger partial charge on any atom is 0.0766 e. The minimum absolute atomic E-state index is 0.226. The zero-order valence-electron chi connectivity index (χ0n) is 11.1. The van der Waals surface area contributed by atoms with Crippen molar-refractivity contribution < 1.29 is 5.11 Å². The quantitative estimate of drug-likeness (QED) is 0.786. The predicted molar refractivity (Wildman–Crippen MR) is 78.5 cm³/mol. The summed E-state index contributed by atoms with van der Waals surface area (Å²) in [5, 5.41) is 14.7. The molecule has 0 aromatic heterocycles. The molecule has 2 nitrogen and oxygen atoms in total. The minimum Gasteiger partial charge on any atom is -0.389 e. The monoisotopic (exact) mass is 289 g/mol. The van der Waals surface area contributed by atoms with Gasteiger partial charge in [-0.25, -0.2) is 0 Å². The summed E-state index contributed by atoms with van der Waals surface area (Å²) in [4.78, 5) is 0. The molecule has 0 bridgehead atoms. The lowest BCUT2D eigenvalue weighted by atomic mass is 9.92. The number of hydrogen-bond donors (Lipinski definition) is 2. The van der Waals surface area contributed by atoms with E-state index in [9.17, 15) is 5.11 Å². The molecule has 0 radical (unpaired) electrons. The minimum atomic E-state index is -0.677. The Morgan fingerprint density at radius 1 is 1.33 bits per heavy atom. The third-order valence-corrected chi connectivity index (χ3v) is 3.90. The van der Waals surface area contributed by atoms with Crippen LogP contribution < -0.4 is 5.32 Å². The average molecular weight is 290 g/mol. The summed E-state index contributed by atoms with van der Waals surface area (Å²) < 4.78 is 0. The van der Waals surface area contributed by atoms with Gasteiger partial charge in [-0.2, -0.15) is 0 Å². The van der Waals surface area contributed by atoms with E-state index in [0.717, 1.165) is 18.5 Å². The van der Waals surface area contributed by atoms with Crippen molar-refractivity contribution in [1.29, 1.82) is 0 Å². The molecule has 0 saturated carbocycles. The Hall–Kier alpha value is -0.280. The maximum absolute atomic E-state index is 10.1. The summed E-state index contributed by atoms with van der Waals surface area (Å²) in [5.74, 6) is 0.226. The number of halogens is 2. The lowest BCUT2D eigenvalue weighted by Gasteiger charge is -2.28. The Balaban J connectivity index is 2.38. The molecule has 1 unspecified atom stereocenters. The summed E-state index contributed by atoms with van der Waals surface area (Å²) in [6.45, 7) is 7.23. The van der Waals surface area contributed by atoms with Gasteiger partial charge in [-0.1, -0.05) is 43.1 Å².